The van der Waals surface area contributed by atoms with Crippen LogP contribution in [0.5, 0.6) is 0 Å². The summed E-state index contributed by atoms with van der Waals surface area (Å²) in [4.78, 5) is 9.97. The predicted molar refractivity (Wildman–Crippen MR) is 102 cm³/mol. The average molecular weight is 453 g/mol. The van der Waals surface area contributed by atoms with Crippen molar-refractivity contribution in [2.45, 2.75) is 9.79 Å². The van der Waals surface area contributed by atoms with E-state index in [0.29, 0.717) is 5.52 Å². The molecule has 0 radical (unpaired) electrons. The lowest BCUT2D eigenvalue weighted by Crippen LogP contribution is -2.50. The molecular weight excluding hydrogens is 438 g/mol. The van der Waals surface area contributed by atoms with Crippen molar-refractivity contribution >= 4 is 36.8 Å². The van der Waals surface area contributed by atoms with Gasteiger partial charge in [0.1, 0.15) is 10.4 Å². The summed E-state index contributed by atoms with van der Waals surface area (Å²) in [5, 5.41) is 18.0. The van der Waals surface area contributed by atoms with Crippen LogP contribution in [-0.2, 0) is 20.0 Å². The minimum absolute atomic E-state index is 0.0593. The van der Waals surface area contributed by atoms with Crippen LogP contribution in [0.15, 0.2) is 56.9 Å². The Morgan fingerprint density at radius 1 is 0.867 bits per heavy atom. The number of non-ortho nitro benzene ring substituents is 1. The Hall–Kier alpha value is -2.94. The van der Waals surface area contributed by atoms with E-state index < -0.39 is 25.0 Å². The summed E-state index contributed by atoms with van der Waals surface area (Å²) in [6.45, 7) is -0.246. The smallest absolute Gasteiger partial charge is 0.258 e. The van der Waals surface area contributed by atoms with E-state index in [0.717, 1.165) is 28.6 Å². The van der Waals surface area contributed by atoms with E-state index >= 15 is 0 Å². The van der Waals surface area contributed by atoms with Gasteiger partial charge in [-0.05, 0) is 34.6 Å². The number of nitrogens with zero attached hydrogens (tertiary/aromatic N) is 5. The highest BCUT2D eigenvalue weighted by atomic mass is 32.2. The van der Waals surface area contributed by atoms with Crippen molar-refractivity contribution in [1.29, 1.82) is 0 Å². The monoisotopic (exact) mass is 453 g/mol. The fraction of sp³-hybridized carbons (Fsp3) is 0.250. The van der Waals surface area contributed by atoms with Gasteiger partial charge in [-0.2, -0.15) is 8.61 Å². The topological polar surface area (TPSA) is 157 Å². The number of hydrogen-bond acceptors (Lipinski definition) is 9. The molecule has 12 nitrogen and oxygen atoms in total. The zero-order valence-electron chi connectivity index (χ0n) is 15.3. The molecule has 0 unspecified atom stereocenters. The summed E-state index contributed by atoms with van der Waals surface area (Å²) in [6.07, 6.45) is 0. The van der Waals surface area contributed by atoms with Gasteiger partial charge >= 0.3 is 0 Å². The van der Waals surface area contributed by atoms with Crippen LogP contribution < -0.4 is 0 Å². The van der Waals surface area contributed by atoms with Gasteiger partial charge in [0, 0.05) is 38.3 Å². The minimum atomic E-state index is -3.93. The van der Waals surface area contributed by atoms with Crippen molar-refractivity contribution in [3.63, 3.8) is 0 Å². The zero-order valence-corrected chi connectivity index (χ0v) is 16.9. The first kappa shape index (κ1) is 20.3. The van der Waals surface area contributed by atoms with E-state index in [9.17, 15) is 26.9 Å². The van der Waals surface area contributed by atoms with Gasteiger partial charge in [0.2, 0.25) is 20.0 Å². The molecule has 0 amide bonds. The summed E-state index contributed by atoms with van der Waals surface area (Å²) in [6, 6.07) is 9.03. The van der Waals surface area contributed by atoms with Crippen LogP contribution in [-0.4, -0.2) is 66.9 Å². The van der Waals surface area contributed by atoms with Gasteiger partial charge in [0.25, 0.3) is 5.69 Å². The SMILES string of the molecule is O=[N+]([O-])c1ccc(S(=O)(=O)N2CCN(S(=O)(=O)c3cccc4nonc34)CC2)cc1. The van der Waals surface area contributed by atoms with E-state index in [1.807, 2.05) is 0 Å². The molecule has 1 fully saturated rings. The van der Waals surface area contributed by atoms with Crippen molar-refractivity contribution in [1.82, 2.24) is 18.9 Å². The van der Waals surface area contributed by atoms with Crippen LogP contribution in [0.4, 0.5) is 5.69 Å². The summed E-state index contributed by atoms with van der Waals surface area (Å²) < 4.78 is 58.5. The number of benzene rings is 2. The lowest BCUT2D eigenvalue weighted by molar-refractivity contribution is -0.384. The van der Waals surface area contributed by atoms with Gasteiger partial charge in [-0.15, -0.1) is 0 Å². The van der Waals surface area contributed by atoms with E-state index in [1.54, 1.807) is 6.07 Å². The Morgan fingerprint density at radius 3 is 2.07 bits per heavy atom. The second-order valence-corrected chi connectivity index (χ2v) is 10.3. The molecule has 30 heavy (non-hydrogen) atoms. The van der Waals surface area contributed by atoms with Gasteiger partial charge in [0.15, 0.2) is 5.52 Å². The molecule has 14 heteroatoms. The van der Waals surface area contributed by atoms with Gasteiger partial charge in [0.05, 0.1) is 9.82 Å². The van der Waals surface area contributed by atoms with Crippen LogP contribution in [0.2, 0.25) is 0 Å². The molecule has 0 atom stereocenters. The second kappa shape index (κ2) is 7.39. The molecule has 1 aromatic heterocycles. The van der Waals surface area contributed by atoms with Gasteiger partial charge in [-0.1, -0.05) is 6.07 Å². The lowest BCUT2D eigenvalue weighted by Gasteiger charge is -2.33. The van der Waals surface area contributed by atoms with Gasteiger partial charge < -0.3 is 0 Å². The van der Waals surface area contributed by atoms with Crippen molar-refractivity contribution < 1.29 is 26.4 Å². The first-order valence-corrected chi connectivity index (χ1v) is 11.6. The Kier molecular flexibility index (Phi) is 5.01. The molecule has 3 aromatic rings. The van der Waals surface area contributed by atoms with Crippen molar-refractivity contribution in [3.8, 4) is 0 Å². The van der Waals surface area contributed by atoms with E-state index in [2.05, 4.69) is 14.9 Å². The molecule has 1 saturated heterocycles. The summed E-state index contributed by atoms with van der Waals surface area (Å²) >= 11 is 0. The number of nitro groups is 1. The molecule has 158 valence electrons. The number of sulfonamides is 2. The van der Waals surface area contributed by atoms with Crippen LogP contribution in [0.1, 0.15) is 0 Å². The van der Waals surface area contributed by atoms with Crippen molar-refractivity contribution in [2.75, 3.05) is 26.2 Å². The van der Waals surface area contributed by atoms with Crippen LogP contribution >= 0.6 is 0 Å². The number of hydrogen-bond donors (Lipinski definition) is 0. The Balaban J connectivity index is 1.53. The molecule has 0 spiro atoms. The highest BCUT2D eigenvalue weighted by molar-refractivity contribution is 7.89. The third-order valence-electron chi connectivity index (χ3n) is 4.75. The van der Waals surface area contributed by atoms with Crippen molar-refractivity contribution in [3.05, 3.63) is 52.6 Å². The summed E-state index contributed by atoms with van der Waals surface area (Å²) in [5.74, 6) is 0. The number of nitro benzene ring substituents is 1. The van der Waals surface area contributed by atoms with E-state index in [4.69, 9.17) is 0 Å². The average Bonchev–Trinajstić information content (AvgIpc) is 3.22. The molecule has 0 aliphatic carbocycles. The molecule has 4 rings (SSSR count). The van der Waals surface area contributed by atoms with E-state index in [-0.39, 0.29) is 47.2 Å². The summed E-state index contributed by atoms with van der Waals surface area (Å²) in [5.41, 5.74) is 0.190. The quantitative estimate of drug-likeness (QED) is 0.403. The number of piperazine rings is 1. The maximum atomic E-state index is 13.0. The number of fused-ring (bicyclic) bond motifs is 1. The predicted octanol–water partition coefficient (Wildman–Crippen LogP) is 0.826. The Labute approximate surface area is 170 Å². The first-order valence-electron chi connectivity index (χ1n) is 8.67. The fourth-order valence-electron chi connectivity index (χ4n) is 3.17. The minimum Gasteiger partial charge on any atom is -0.258 e. The van der Waals surface area contributed by atoms with Crippen molar-refractivity contribution in [2.24, 2.45) is 0 Å². The largest absolute Gasteiger partial charge is 0.269 e. The number of aromatic nitrogens is 2. The molecule has 0 bridgehead atoms. The number of rotatable bonds is 5. The van der Waals surface area contributed by atoms with Crippen LogP contribution in [0.25, 0.3) is 11.0 Å². The third-order valence-corrected chi connectivity index (χ3v) is 8.59. The molecule has 1 aliphatic rings. The highest BCUT2D eigenvalue weighted by Crippen LogP contribution is 2.26. The van der Waals surface area contributed by atoms with Gasteiger partial charge in [-0.3, -0.25) is 10.1 Å². The maximum Gasteiger partial charge on any atom is 0.269 e. The van der Waals surface area contributed by atoms with Gasteiger partial charge in [-0.25, -0.2) is 21.5 Å². The fourth-order valence-corrected chi connectivity index (χ4v) is 6.15. The lowest BCUT2D eigenvalue weighted by atomic mass is 10.3. The normalized spacial score (nSPS) is 16.7. The molecular formula is C16H15N5O7S2. The molecule has 0 N–H and O–H groups in total. The highest BCUT2D eigenvalue weighted by Gasteiger charge is 2.35. The Bertz CT molecular complexity index is 1310. The molecule has 0 saturated carbocycles. The van der Waals surface area contributed by atoms with Crippen LogP contribution in [0, 0.1) is 10.1 Å². The second-order valence-electron chi connectivity index (χ2n) is 6.45. The standard InChI is InChI=1S/C16H15N5O7S2/c22-21(23)12-4-6-13(7-5-12)29(24,25)19-8-10-20(11-9-19)30(26,27)15-3-1-2-14-16(15)18-28-17-14/h1-7H,8-11H2. The van der Waals surface area contributed by atoms with E-state index in [1.165, 1.54) is 16.4 Å². The first-order chi connectivity index (χ1) is 14.2. The van der Waals surface area contributed by atoms with Crippen LogP contribution in [0.3, 0.4) is 0 Å². The molecule has 1 aliphatic heterocycles. The Morgan fingerprint density at radius 2 is 1.47 bits per heavy atom. The molecule has 2 heterocycles. The maximum absolute atomic E-state index is 13.0. The molecule has 2 aromatic carbocycles. The third kappa shape index (κ3) is 3.43. The zero-order chi connectivity index (χ0) is 21.5. The summed E-state index contributed by atoms with van der Waals surface area (Å²) in [7, 11) is -7.84.